The van der Waals surface area contributed by atoms with E-state index in [0.29, 0.717) is 11.2 Å². The molecule has 1 aromatic heterocycles. The second-order valence-electron chi connectivity index (χ2n) is 9.35. The van der Waals surface area contributed by atoms with E-state index in [2.05, 4.69) is 27.7 Å². The molecule has 5 rings (SSSR count). The number of carbonyl (C=O) groups is 1. The van der Waals surface area contributed by atoms with E-state index in [0.717, 1.165) is 54.1 Å². The minimum atomic E-state index is -0.157. The summed E-state index contributed by atoms with van der Waals surface area (Å²) in [6.45, 7) is 4.35. The van der Waals surface area contributed by atoms with Gasteiger partial charge in [0.1, 0.15) is 11.5 Å². The summed E-state index contributed by atoms with van der Waals surface area (Å²) in [7, 11) is 3.28. The molecule has 1 spiro atoms. The molecule has 7 nitrogen and oxygen atoms in total. The zero-order valence-corrected chi connectivity index (χ0v) is 19.9. The van der Waals surface area contributed by atoms with Gasteiger partial charge in [-0.05, 0) is 68.3 Å². The van der Waals surface area contributed by atoms with E-state index < -0.39 is 0 Å². The Hall–Kier alpha value is -3.32. The maximum absolute atomic E-state index is 11.5. The first-order chi connectivity index (χ1) is 16.6. The molecule has 34 heavy (non-hydrogen) atoms. The highest BCUT2D eigenvalue weighted by molar-refractivity contribution is 5.95. The zero-order chi connectivity index (χ0) is 23.5. The second-order valence-corrected chi connectivity index (χ2v) is 9.35. The molecule has 178 valence electrons. The molecule has 3 aromatic rings. The molecule has 1 unspecified atom stereocenters. The lowest BCUT2D eigenvalue weighted by Gasteiger charge is -2.34. The smallest absolute Gasteiger partial charge is 0.257 e. The highest BCUT2D eigenvalue weighted by Gasteiger charge is 2.39. The number of nitrogens with one attached hydrogen (secondary N) is 2. The number of hydrogen-bond donors (Lipinski definition) is 2. The van der Waals surface area contributed by atoms with Crippen molar-refractivity contribution in [3.63, 3.8) is 0 Å². The maximum Gasteiger partial charge on any atom is 0.257 e. The molecule has 2 saturated heterocycles. The molecule has 0 bridgehead atoms. The van der Waals surface area contributed by atoms with Gasteiger partial charge in [-0.15, -0.1) is 0 Å². The van der Waals surface area contributed by atoms with Crippen molar-refractivity contribution in [1.82, 2.24) is 15.6 Å². The highest BCUT2D eigenvalue weighted by atomic mass is 16.5. The first-order valence-electron chi connectivity index (χ1n) is 12.0. The van der Waals surface area contributed by atoms with Crippen LogP contribution >= 0.6 is 0 Å². The van der Waals surface area contributed by atoms with Gasteiger partial charge in [0.2, 0.25) is 0 Å². The van der Waals surface area contributed by atoms with Gasteiger partial charge in [0.15, 0.2) is 6.61 Å². The quantitative estimate of drug-likeness (QED) is 0.585. The lowest BCUT2D eigenvalue weighted by Crippen LogP contribution is -2.41. The molecule has 2 aliphatic rings. The van der Waals surface area contributed by atoms with E-state index >= 15 is 0 Å². The predicted octanol–water partition coefficient (Wildman–Crippen LogP) is 3.62. The Labute approximate surface area is 200 Å². The zero-order valence-electron chi connectivity index (χ0n) is 19.9. The number of pyridine rings is 1. The number of ether oxygens (including phenoxy) is 2. The Kier molecular flexibility index (Phi) is 6.28. The van der Waals surface area contributed by atoms with Gasteiger partial charge in [-0.25, -0.2) is 4.98 Å². The van der Waals surface area contributed by atoms with Crippen molar-refractivity contribution in [2.75, 3.05) is 51.8 Å². The van der Waals surface area contributed by atoms with E-state index in [-0.39, 0.29) is 12.5 Å². The van der Waals surface area contributed by atoms with Crippen LogP contribution in [-0.4, -0.2) is 57.8 Å². The molecule has 7 heteroatoms. The van der Waals surface area contributed by atoms with Gasteiger partial charge in [0.05, 0.1) is 18.3 Å². The van der Waals surface area contributed by atoms with Crippen molar-refractivity contribution in [2.24, 2.45) is 5.41 Å². The largest absolute Gasteiger partial charge is 0.497 e. The molecule has 2 aromatic carbocycles. The molecule has 2 N–H and O–H groups in total. The number of hydrogen-bond acceptors (Lipinski definition) is 6. The normalized spacial score (nSPS) is 20.0. The fourth-order valence-electron chi connectivity index (χ4n) is 5.19. The number of aromatic nitrogens is 1. The molecule has 2 fully saturated rings. The van der Waals surface area contributed by atoms with Gasteiger partial charge in [-0.3, -0.25) is 4.79 Å². The van der Waals surface area contributed by atoms with Crippen molar-refractivity contribution in [1.29, 1.82) is 0 Å². The fraction of sp³-hybridized carbons (Fsp3) is 0.407. The Morgan fingerprint density at radius 3 is 2.71 bits per heavy atom. The number of likely N-dealkylation sites (N-methyl/N-ethyl adjacent to an activating group) is 1. The molecule has 0 radical (unpaired) electrons. The number of methoxy groups -OCH3 is 1. The standard InChI is InChI=1S/C27H32N4O3/c1-28-26(32)16-34-20-6-4-19(5-7-20)23-15-25(22-9-8-21(33-2)14-24(22)30-23)31-13-11-27(18-31)10-3-12-29-17-27/h4-9,14-15,29H,3,10-13,16-18H2,1-2H3,(H,28,32). The lowest BCUT2D eigenvalue weighted by atomic mass is 9.80. The summed E-state index contributed by atoms with van der Waals surface area (Å²) >= 11 is 0. The molecular weight excluding hydrogens is 428 g/mol. The summed E-state index contributed by atoms with van der Waals surface area (Å²) in [5.41, 5.74) is 4.44. The summed E-state index contributed by atoms with van der Waals surface area (Å²) in [5.74, 6) is 1.30. The van der Waals surface area contributed by atoms with Crippen molar-refractivity contribution in [3.8, 4) is 22.8 Å². The van der Waals surface area contributed by atoms with Crippen molar-refractivity contribution >= 4 is 22.5 Å². The molecule has 1 amide bonds. The third kappa shape index (κ3) is 4.53. The first-order valence-corrected chi connectivity index (χ1v) is 12.0. The van der Waals surface area contributed by atoms with Crippen molar-refractivity contribution < 1.29 is 14.3 Å². The van der Waals surface area contributed by atoms with Crippen LogP contribution in [0.2, 0.25) is 0 Å². The minimum absolute atomic E-state index is 0.000416. The van der Waals surface area contributed by atoms with E-state index in [1.54, 1.807) is 14.2 Å². The summed E-state index contributed by atoms with van der Waals surface area (Å²) in [4.78, 5) is 19.0. The third-order valence-electron chi connectivity index (χ3n) is 7.13. The Morgan fingerprint density at radius 1 is 1.15 bits per heavy atom. The topological polar surface area (TPSA) is 75.7 Å². The molecule has 0 aliphatic carbocycles. The van der Waals surface area contributed by atoms with E-state index in [1.165, 1.54) is 24.9 Å². The Balaban J connectivity index is 1.48. The molecule has 3 heterocycles. The van der Waals surface area contributed by atoms with E-state index in [4.69, 9.17) is 14.5 Å². The second kappa shape index (κ2) is 9.50. The van der Waals surface area contributed by atoms with Crippen molar-refractivity contribution in [2.45, 2.75) is 19.3 Å². The van der Waals surface area contributed by atoms with Crippen LogP contribution in [0.25, 0.3) is 22.2 Å². The van der Waals surface area contributed by atoms with Gasteiger partial charge in [-0.1, -0.05) is 0 Å². The number of piperidine rings is 1. The highest BCUT2D eigenvalue weighted by Crippen LogP contribution is 2.41. The average Bonchev–Trinajstić information content (AvgIpc) is 3.29. The van der Waals surface area contributed by atoms with Crippen LogP contribution in [0.15, 0.2) is 48.5 Å². The predicted molar refractivity (Wildman–Crippen MR) is 135 cm³/mol. The number of carbonyl (C=O) groups excluding carboxylic acids is 1. The van der Waals surface area contributed by atoms with Crippen LogP contribution in [0.4, 0.5) is 5.69 Å². The number of nitrogens with zero attached hydrogens (tertiary/aromatic N) is 2. The van der Waals surface area contributed by atoms with Crippen LogP contribution in [-0.2, 0) is 4.79 Å². The number of anilines is 1. The van der Waals surface area contributed by atoms with Crippen LogP contribution in [0.3, 0.4) is 0 Å². The summed E-state index contributed by atoms with van der Waals surface area (Å²) in [6, 6.07) is 16.1. The molecular formula is C27H32N4O3. The monoisotopic (exact) mass is 460 g/mol. The van der Waals surface area contributed by atoms with E-state index in [9.17, 15) is 4.79 Å². The fourth-order valence-corrected chi connectivity index (χ4v) is 5.19. The van der Waals surface area contributed by atoms with Crippen LogP contribution in [0, 0.1) is 5.41 Å². The van der Waals surface area contributed by atoms with Gasteiger partial charge >= 0.3 is 0 Å². The Bertz CT molecular complexity index is 1170. The summed E-state index contributed by atoms with van der Waals surface area (Å²) in [6.07, 6.45) is 3.76. The maximum atomic E-state index is 11.5. The number of fused-ring (bicyclic) bond motifs is 1. The van der Waals surface area contributed by atoms with Gasteiger partial charge in [-0.2, -0.15) is 0 Å². The van der Waals surface area contributed by atoms with Crippen molar-refractivity contribution in [3.05, 3.63) is 48.5 Å². The van der Waals surface area contributed by atoms with Gasteiger partial charge in [0, 0.05) is 54.8 Å². The average molecular weight is 461 g/mol. The molecule has 1 atom stereocenters. The molecule has 2 aliphatic heterocycles. The van der Waals surface area contributed by atoms with Crippen LogP contribution in [0.5, 0.6) is 11.5 Å². The minimum Gasteiger partial charge on any atom is -0.497 e. The third-order valence-corrected chi connectivity index (χ3v) is 7.13. The van der Waals surface area contributed by atoms with Crippen LogP contribution < -0.4 is 25.0 Å². The number of amides is 1. The van der Waals surface area contributed by atoms with E-state index in [1.807, 2.05) is 36.4 Å². The van der Waals surface area contributed by atoms with Crippen LogP contribution in [0.1, 0.15) is 19.3 Å². The number of rotatable bonds is 6. The first kappa shape index (κ1) is 22.5. The van der Waals surface area contributed by atoms with Gasteiger partial charge < -0.3 is 25.0 Å². The lowest BCUT2D eigenvalue weighted by molar-refractivity contribution is -0.122. The Morgan fingerprint density at radius 2 is 1.97 bits per heavy atom. The summed E-state index contributed by atoms with van der Waals surface area (Å²) in [5, 5.41) is 7.32. The number of benzene rings is 2. The molecule has 0 saturated carbocycles. The van der Waals surface area contributed by atoms with Gasteiger partial charge in [0.25, 0.3) is 5.91 Å². The summed E-state index contributed by atoms with van der Waals surface area (Å²) < 4.78 is 11.0. The SMILES string of the molecule is CNC(=O)COc1ccc(-c2cc(N3CCC4(CCCNC4)C3)c3ccc(OC)cc3n2)cc1.